The number of aromatic nitrogens is 2. The molecule has 2 aromatic rings. The topological polar surface area (TPSA) is 41.4 Å². The van der Waals surface area contributed by atoms with E-state index in [9.17, 15) is 9.18 Å². The van der Waals surface area contributed by atoms with Gasteiger partial charge in [0, 0.05) is 38.4 Å². The molecule has 0 unspecified atom stereocenters. The van der Waals surface area contributed by atoms with Crippen LogP contribution in [0.3, 0.4) is 0 Å². The number of piperazine rings is 1. The van der Waals surface area contributed by atoms with Crippen LogP contribution >= 0.6 is 11.6 Å². The van der Waals surface area contributed by atoms with E-state index in [1.165, 1.54) is 12.1 Å². The van der Waals surface area contributed by atoms with Crippen LogP contribution in [-0.4, -0.2) is 46.8 Å². The smallest absolute Gasteiger partial charge is 0.259 e. The van der Waals surface area contributed by atoms with Gasteiger partial charge in [0.15, 0.2) is 0 Å². The zero-order valence-corrected chi connectivity index (χ0v) is 16.1. The lowest BCUT2D eigenvalue weighted by Gasteiger charge is -2.36. The molecule has 2 heterocycles. The van der Waals surface area contributed by atoms with Gasteiger partial charge in [-0.05, 0) is 37.1 Å². The van der Waals surface area contributed by atoms with Crippen LogP contribution in [0.25, 0.3) is 0 Å². The number of amides is 1. The lowest BCUT2D eigenvalue weighted by molar-refractivity contribution is 0.0746. The fraction of sp³-hybridized carbons (Fsp3) is 0.474. The maximum Gasteiger partial charge on any atom is 0.259 e. The van der Waals surface area contributed by atoms with E-state index in [0.29, 0.717) is 55.1 Å². The molecule has 0 saturated carbocycles. The maximum absolute atomic E-state index is 13.1. The van der Waals surface area contributed by atoms with Crippen molar-refractivity contribution in [1.82, 2.24) is 14.7 Å². The zero-order chi connectivity index (χ0) is 18.8. The van der Waals surface area contributed by atoms with Crippen molar-refractivity contribution in [2.24, 2.45) is 5.92 Å². The molecule has 0 spiro atoms. The summed E-state index contributed by atoms with van der Waals surface area (Å²) in [5.74, 6) is 0.0846. The molecule has 3 rings (SSSR count). The number of anilines is 1. The number of rotatable bonds is 4. The summed E-state index contributed by atoms with van der Waals surface area (Å²) in [5, 5.41) is 4.85. The lowest BCUT2D eigenvalue weighted by atomic mass is 10.2. The van der Waals surface area contributed by atoms with Crippen molar-refractivity contribution >= 4 is 23.2 Å². The molecular formula is C19H24ClFN4O. The Labute approximate surface area is 158 Å². The predicted octanol–water partition coefficient (Wildman–Crippen LogP) is 3.60. The van der Waals surface area contributed by atoms with Gasteiger partial charge in [0.25, 0.3) is 5.91 Å². The summed E-state index contributed by atoms with van der Waals surface area (Å²) < 4.78 is 14.8. The SMILES string of the molecule is Cc1nn(CC(C)C)c(Cl)c1C(=O)N1CCN(c2ccc(F)cc2)CC1. The van der Waals surface area contributed by atoms with Crippen LogP contribution in [0, 0.1) is 18.7 Å². The molecule has 7 heteroatoms. The number of nitrogens with zero attached hydrogens (tertiary/aromatic N) is 4. The van der Waals surface area contributed by atoms with Crippen molar-refractivity contribution in [2.75, 3.05) is 31.1 Å². The number of halogens is 2. The van der Waals surface area contributed by atoms with Gasteiger partial charge in [-0.25, -0.2) is 4.39 Å². The van der Waals surface area contributed by atoms with E-state index in [1.807, 2.05) is 11.8 Å². The van der Waals surface area contributed by atoms with E-state index in [-0.39, 0.29) is 11.7 Å². The summed E-state index contributed by atoms with van der Waals surface area (Å²) in [5.41, 5.74) is 2.14. The van der Waals surface area contributed by atoms with Crippen LogP contribution in [0.2, 0.25) is 5.15 Å². The average molecular weight is 379 g/mol. The van der Waals surface area contributed by atoms with Crippen LogP contribution in [0.15, 0.2) is 24.3 Å². The second kappa shape index (κ2) is 7.66. The Morgan fingerprint density at radius 3 is 2.38 bits per heavy atom. The first-order valence-electron chi connectivity index (χ1n) is 8.89. The Balaban J connectivity index is 1.69. The first kappa shape index (κ1) is 18.7. The fourth-order valence-electron chi connectivity index (χ4n) is 3.24. The first-order chi connectivity index (χ1) is 12.4. The van der Waals surface area contributed by atoms with Crippen molar-refractivity contribution < 1.29 is 9.18 Å². The Kier molecular flexibility index (Phi) is 5.51. The highest BCUT2D eigenvalue weighted by molar-refractivity contribution is 6.33. The van der Waals surface area contributed by atoms with Crippen molar-refractivity contribution in [2.45, 2.75) is 27.3 Å². The quantitative estimate of drug-likeness (QED) is 0.816. The second-order valence-electron chi connectivity index (χ2n) is 7.08. The van der Waals surface area contributed by atoms with E-state index in [1.54, 1.807) is 16.8 Å². The molecule has 26 heavy (non-hydrogen) atoms. The third kappa shape index (κ3) is 3.85. The van der Waals surface area contributed by atoms with Gasteiger partial charge in [0.1, 0.15) is 11.0 Å². The normalized spacial score (nSPS) is 15.0. The Morgan fingerprint density at radius 1 is 1.19 bits per heavy atom. The molecule has 1 aromatic carbocycles. The molecular weight excluding hydrogens is 355 g/mol. The molecule has 1 amide bonds. The molecule has 1 aliphatic heterocycles. The summed E-state index contributed by atoms with van der Waals surface area (Å²) >= 11 is 6.43. The van der Waals surface area contributed by atoms with Crippen LogP contribution in [0.4, 0.5) is 10.1 Å². The van der Waals surface area contributed by atoms with E-state index >= 15 is 0 Å². The van der Waals surface area contributed by atoms with E-state index in [0.717, 1.165) is 5.69 Å². The van der Waals surface area contributed by atoms with Gasteiger partial charge in [0.05, 0.1) is 11.3 Å². The zero-order valence-electron chi connectivity index (χ0n) is 15.4. The third-order valence-electron chi connectivity index (χ3n) is 4.58. The molecule has 0 N–H and O–H groups in total. The summed E-state index contributed by atoms with van der Waals surface area (Å²) in [6, 6.07) is 6.45. The summed E-state index contributed by atoms with van der Waals surface area (Å²) in [4.78, 5) is 16.9. The van der Waals surface area contributed by atoms with E-state index in [2.05, 4.69) is 23.8 Å². The molecule has 1 aromatic heterocycles. The summed E-state index contributed by atoms with van der Waals surface area (Å²) in [6.45, 7) is 9.29. The number of benzene rings is 1. The monoisotopic (exact) mass is 378 g/mol. The molecule has 140 valence electrons. The van der Waals surface area contributed by atoms with Crippen LogP contribution in [0.1, 0.15) is 29.9 Å². The summed E-state index contributed by atoms with van der Waals surface area (Å²) in [7, 11) is 0. The highest BCUT2D eigenvalue weighted by atomic mass is 35.5. The predicted molar refractivity (Wildman–Crippen MR) is 101 cm³/mol. The van der Waals surface area contributed by atoms with Gasteiger partial charge >= 0.3 is 0 Å². The number of carbonyl (C=O) groups is 1. The molecule has 1 fully saturated rings. The second-order valence-corrected chi connectivity index (χ2v) is 7.44. The van der Waals surface area contributed by atoms with Crippen LogP contribution in [-0.2, 0) is 6.54 Å². The Hall–Kier alpha value is -2.08. The molecule has 0 radical (unpaired) electrons. The van der Waals surface area contributed by atoms with E-state index < -0.39 is 0 Å². The molecule has 1 saturated heterocycles. The minimum absolute atomic E-state index is 0.0683. The van der Waals surface area contributed by atoms with E-state index in [4.69, 9.17) is 11.6 Å². The lowest BCUT2D eigenvalue weighted by Crippen LogP contribution is -2.49. The van der Waals surface area contributed by atoms with Crippen LogP contribution in [0.5, 0.6) is 0 Å². The number of hydrogen-bond acceptors (Lipinski definition) is 3. The molecule has 0 atom stereocenters. The van der Waals surface area contributed by atoms with Gasteiger partial charge in [-0.1, -0.05) is 25.4 Å². The first-order valence-corrected chi connectivity index (χ1v) is 9.27. The van der Waals surface area contributed by atoms with Crippen molar-refractivity contribution in [3.8, 4) is 0 Å². The molecule has 0 aliphatic carbocycles. The maximum atomic E-state index is 13.1. The van der Waals surface area contributed by atoms with Gasteiger partial charge in [-0.3, -0.25) is 9.48 Å². The van der Waals surface area contributed by atoms with Crippen molar-refractivity contribution in [3.05, 3.63) is 46.5 Å². The van der Waals surface area contributed by atoms with Crippen molar-refractivity contribution in [1.29, 1.82) is 0 Å². The third-order valence-corrected chi connectivity index (χ3v) is 4.96. The average Bonchev–Trinajstić information content (AvgIpc) is 2.88. The largest absolute Gasteiger partial charge is 0.368 e. The molecule has 0 bridgehead atoms. The molecule has 5 nitrogen and oxygen atoms in total. The number of aryl methyl sites for hydroxylation is 1. The number of hydrogen-bond donors (Lipinski definition) is 0. The van der Waals surface area contributed by atoms with Crippen molar-refractivity contribution in [3.63, 3.8) is 0 Å². The van der Waals surface area contributed by atoms with Crippen LogP contribution < -0.4 is 4.90 Å². The van der Waals surface area contributed by atoms with Gasteiger partial charge in [-0.2, -0.15) is 5.10 Å². The highest BCUT2D eigenvalue weighted by Crippen LogP contribution is 2.24. The molecule has 1 aliphatic rings. The highest BCUT2D eigenvalue weighted by Gasteiger charge is 2.28. The Bertz CT molecular complexity index is 780. The van der Waals surface area contributed by atoms with Gasteiger partial charge < -0.3 is 9.80 Å². The minimum atomic E-state index is -0.244. The van der Waals surface area contributed by atoms with Gasteiger partial charge in [-0.15, -0.1) is 0 Å². The standard InChI is InChI=1S/C19H24ClFN4O/c1-13(2)12-25-18(20)17(14(3)22-25)19(26)24-10-8-23(9-11-24)16-6-4-15(21)5-7-16/h4-7,13H,8-12H2,1-3H3. The number of carbonyl (C=O) groups excluding carboxylic acids is 1. The minimum Gasteiger partial charge on any atom is -0.368 e. The van der Waals surface area contributed by atoms with Gasteiger partial charge in [0.2, 0.25) is 0 Å². The summed E-state index contributed by atoms with van der Waals surface area (Å²) in [6.07, 6.45) is 0. The Morgan fingerprint density at radius 2 is 1.81 bits per heavy atom. The fourth-order valence-corrected chi connectivity index (χ4v) is 3.57.